The molecule has 0 unspecified atom stereocenters. The molecule has 104 valence electrons. The average molecular weight is 270 g/mol. The summed E-state index contributed by atoms with van der Waals surface area (Å²) in [5.74, 6) is 0.149. The fourth-order valence-corrected chi connectivity index (χ4v) is 2.01. The Morgan fingerprint density at radius 3 is 2.45 bits per heavy atom. The van der Waals surface area contributed by atoms with E-state index in [2.05, 4.69) is 25.7 Å². The first-order chi connectivity index (χ1) is 9.52. The molecule has 1 N–H and O–H groups in total. The lowest BCUT2D eigenvalue weighted by Gasteiger charge is -2.07. The van der Waals surface area contributed by atoms with Crippen LogP contribution in [0.1, 0.15) is 30.9 Å². The molecule has 1 aromatic rings. The van der Waals surface area contributed by atoms with E-state index in [1.165, 1.54) is 11.6 Å². The molecule has 1 heterocycles. The number of benzene rings is 1. The summed E-state index contributed by atoms with van der Waals surface area (Å²) in [4.78, 5) is 24.8. The standard InChI is InChI=1S/C16H18N2O2/c1-4-9-18-15(19)14(17-16(18)20)10-12-5-7-13(8-6-12)11(2)3/h4-8,10-11H,1,9H2,2-3H3,(H,17,20). The van der Waals surface area contributed by atoms with E-state index < -0.39 is 6.03 Å². The van der Waals surface area contributed by atoms with E-state index in [4.69, 9.17) is 0 Å². The summed E-state index contributed by atoms with van der Waals surface area (Å²) in [6, 6.07) is 7.54. The molecular formula is C16H18N2O2. The number of hydrogen-bond donors (Lipinski definition) is 1. The van der Waals surface area contributed by atoms with Gasteiger partial charge in [0.25, 0.3) is 5.91 Å². The zero-order chi connectivity index (χ0) is 14.7. The van der Waals surface area contributed by atoms with Crippen molar-refractivity contribution in [1.29, 1.82) is 0 Å². The highest BCUT2D eigenvalue weighted by Gasteiger charge is 2.32. The highest BCUT2D eigenvalue weighted by Crippen LogP contribution is 2.18. The normalized spacial score (nSPS) is 16.9. The summed E-state index contributed by atoms with van der Waals surface area (Å²) in [5.41, 5.74) is 2.43. The molecule has 0 aromatic heterocycles. The number of imide groups is 1. The summed E-state index contributed by atoms with van der Waals surface area (Å²) >= 11 is 0. The van der Waals surface area contributed by atoms with Crippen molar-refractivity contribution in [1.82, 2.24) is 10.2 Å². The van der Waals surface area contributed by atoms with Crippen molar-refractivity contribution in [3.8, 4) is 0 Å². The predicted molar refractivity (Wildman–Crippen MR) is 78.9 cm³/mol. The van der Waals surface area contributed by atoms with E-state index >= 15 is 0 Å². The van der Waals surface area contributed by atoms with Gasteiger partial charge >= 0.3 is 6.03 Å². The molecule has 1 fully saturated rings. The number of rotatable bonds is 4. The van der Waals surface area contributed by atoms with E-state index in [0.29, 0.717) is 11.6 Å². The molecule has 2 rings (SSSR count). The summed E-state index contributed by atoms with van der Waals surface area (Å²) in [7, 11) is 0. The summed E-state index contributed by atoms with van der Waals surface area (Å²) < 4.78 is 0. The van der Waals surface area contributed by atoms with Crippen LogP contribution in [0.25, 0.3) is 6.08 Å². The Hall–Kier alpha value is -2.36. The van der Waals surface area contributed by atoms with Crippen molar-refractivity contribution in [2.24, 2.45) is 0 Å². The second-order valence-electron chi connectivity index (χ2n) is 5.01. The van der Waals surface area contributed by atoms with Crippen LogP contribution in [0.15, 0.2) is 42.6 Å². The second kappa shape index (κ2) is 5.74. The first-order valence-corrected chi connectivity index (χ1v) is 6.58. The fraction of sp³-hybridized carbons (Fsp3) is 0.250. The van der Waals surface area contributed by atoms with Crippen molar-refractivity contribution in [3.63, 3.8) is 0 Å². The molecule has 1 aliphatic heterocycles. The van der Waals surface area contributed by atoms with Crippen LogP contribution >= 0.6 is 0 Å². The van der Waals surface area contributed by atoms with Gasteiger partial charge in [-0.3, -0.25) is 9.69 Å². The van der Waals surface area contributed by atoms with Crippen LogP contribution in [0.3, 0.4) is 0 Å². The molecule has 1 saturated heterocycles. The van der Waals surface area contributed by atoms with E-state index in [1.807, 2.05) is 24.3 Å². The van der Waals surface area contributed by atoms with Crippen LogP contribution in [-0.2, 0) is 4.79 Å². The number of carbonyl (C=O) groups excluding carboxylic acids is 2. The van der Waals surface area contributed by atoms with Crippen molar-refractivity contribution in [3.05, 3.63) is 53.7 Å². The maximum absolute atomic E-state index is 12.0. The van der Waals surface area contributed by atoms with Gasteiger partial charge in [-0.2, -0.15) is 0 Å². The lowest BCUT2D eigenvalue weighted by atomic mass is 10.0. The summed E-state index contributed by atoms with van der Waals surface area (Å²) in [5, 5.41) is 2.58. The van der Waals surface area contributed by atoms with Gasteiger partial charge in [0, 0.05) is 6.54 Å². The van der Waals surface area contributed by atoms with Crippen LogP contribution in [0.4, 0.5) is 4.79 Å². The van der Waals surface area contributed by atoms with Crippen LogP contribution in [-0.4, -0.2) is 23.4 Å². The topological polar surface area (TPSA) is 49.4 Å². The minimum atomic E-state index is -0.403. The Morgan fingerprint density at radius 1 is 1.25 bits per heavy atom. The first kappa shape index (κ1) is 14.1. The Morgan fingerprint density at radius 2 is 1.90 bits per heavy atom. The summed E-state index contributed by atoms with van der Waals surface area (Å²) in [6.07, 6.45) is 3.21. The van der Waals surface area contributed by atoms with Crippen molar-refractivity contribution in [2.45, 2.75) is 19.8 Å². The Bertz CT molecular complexity index is 571. The first-order valence-electron chi connectivity index (χ1n) is 6.58. The van der Waals surface area contributed by atoms with Gasteiger partial charge in [-0.05, 0) is 23.1 Å². The van der Waals surface area contributed by atoms with E-state index in [-0.39, 0.29) is 12.5 Å². The monoisotopic (exact) mass is 270 g/mol. The molecule has 20 heavy (non-hydrogen) atoms. The van der Waals surface area contributed by atoms with Crippen LogP contribution in [0.5, 0.6) is 0 Å². The fourth-order valence-electron chi connectivity index (χ4n) is 2.01. The van der Waals surface area contributed by atoms with Gasteiger partial charge in [0.1, 0.15) is 5.70 Å². The van der Waals surface area contributed by atoms with E-state index in [9.17, 15) is 9.59 Å². The van der Waals surface area contributed by atoms with Crippen LogP contribution < -0.4 is 5.32 Å². The number of amides is 3. The quantitative estimate of drug-likeness (QED) is 0.519. The maximum Gasteiger partial charge on any atom is 0.329 e. The SMILES string of the molecule is C=CCN1C(=O)NC(=Cc2ccc(C(C)C)cc2)C1=O. The second-order valence-corrected chi connectivity index (χ2v) is 5.01. The van der Waals surface area contributed by atoms with Gasteiger partial charge in [-0.15, -0.1) is 6.58 Å². The third kappa shape index (κ3) is 2.79. The highest BCUT2D eigenvalue weighted by atomic mass is 16.2. The molecule has 4 heteroatoms. The number of nitrogens with zero attached hydrogens (tertiary/aromatic N) is 1. The van der Waals surface area contributed by atoms with E-state index in [1.54, 1.807) is 6.08 Å². The van der Waals surface area contributed by atoms with Gasteiger partial charge in [0.05, 0.1) is 0 Å². The molecule has 0 bridgehead atoms. The molecule has 4 nitrogen and oxygen atoms in total. The molecule has 0 aliphatic carbocycles. The van der Waals surface area contributed by atoms with Crippen LogP contribution in [0, 0.1) is 0 Å². The minimum Gasteiger partial charge on any atom is -0.303 e. The van der Waals surface area contributed by atoms with Crippen molar-refractivity contribution < 1.29 is 9.59 Å². The molecule has 0 atom stereocenters. The minimum absolute atomic E-state index is 0.217. The largest absolute Gasteiger partial charge is 0.329 e. The number of nitrogens with one attached hydrogen (secondary N) is 1. The zero-order valence-corrected chi connectivity index (χ0v) is 11.7. The zero-order valence-electron chi connectivity index (χ0n) is 11.7. The molecular weight excluding hydrogens is 252 g/mol. The maximum atomic E-state index is 12.0. The van der Waals surface area contributed by atoms with E-state index in [0.717, 1.165) is 10.5 Å². The highest BCUT2D eigenvalue weighted by molar-refractivity contribution is 6.14. The Kier molecular flexibility index (Phi) is 4.03. The van der Waals surface area contributed by atoms with Gasteiger partial charge in [-0.25, -0.2) is 4.79 Å². The lowest BCUT2D eigenvalue weighted by Crippen LogP contribution is -2.30. The smallest absolute Gasteiger partial charge is 0.303 e. The number of urea groups is 1. The van der Waals surface area contributed by atoms with Gasteiger partial charge < -0.3 is 5.32 Å². The molecule has 1 aromatic carbocycles. The Labute approximate surface area is 118 Å². The van der Waals surface area contributed by atoms with Crippen molar-refractivity contribution >= 4 is 18.0 Å². The number of carbonyl (C=O) groups is 2. The molecule has 3 amide bonds. The summed E-state index contributed by atoms with van der Waals surface area (Å²) in [6.45, 7) is 8.00. The average Bonchev–Trinajstić information content (AvgIpc) is 2.67. The van der Waals surface area contributed by atoms with Crippen molar-refractivity contribution in [2.75, 3.05) is 6.54 Å². The Balaban J connectivity index is 2.21. The molecule has 1 aliphatic rings. The molecule has 0 saturated carbocycles. The lowest BCUT2D eigenvalue weighted by molar-refractivity contribution is -0.122. The van der Waals surface area contributed by atoms with Gasteiger partial charge in [0.2, 0.25) is 0 Å². The molecule has 0 radical (unpaired) electrons. The molecule has 0 spiro atoms. The number of hydrogen-bond acceptors (Lipinski definition) is 2. The third-order valence-corrected chi connectivity index (χ3v) is 3.19. The van der Waals surface area contributed by atoms with Gasteiger partial charge in [0.15, 0.2) is 0 Å². The van der Waals surface area contributed by atoms with Crippen LogP contribution in [0.2, 0.25) is 0 Å². The predicted octanol–water partition coefficient (Wildman–Crippen LogP) is 2.89. The van der Waals surface area contributed by atoms with Gasteiger partial charge in [-0.1, -0.05) is 44.2 Å². The third-order valence-electron chi connectivity index (χ3n) is 3.19.